The Hall–Kier alpha value is -1.98. The lowest BCUT2D eigenvalue weighted by atomic mass is 10.0. The van der Waals surface area contributed by atoms with Crippen molar-refractivity contribution in [3.63, 3.8) is 0 Å². The van der Waals surface area contributed by atoms with Gasteiger partial charge < -0.3 is 10.4 Å². The molecule has 4 nitrogen and oxygen atoms in total. The summed E-state index contributed by atoms with van der Waals surface area (Å²) in [6.07, 6.45) is 0.702. The van der Waals surface area contributed by atoms with Crippen molar-refractivity contribution in [3.8, 4) is 11.1 Å². The summed E-state index contributed by atoms with van der Waals surface area (Å²) < 4.78 is 0. The minimum Gasteiger partial charge on any atom is -0.396 e. The third-order valence-corrected chi connectivity index (χ3v) is 4.86. The zero-order chi connectivity index (χ0) is 16.4. The Balaban J connectivity index is 2.11. The van der Waals surface area contributed by atoms with Crippen LogP contribution < -0.4 is 5.32 Å². The van der Waals surface area contributed by atoms with Gasteiger partial charge in [0.2, 0.25) is 0 Å². The molecule has 3 aromatic rings. The van der Waals surface area contributed by atoms with Gasteiger partial charge >= 0.3 is 0 Å². The van der Waals surface area contributed by atoms with E-state index >= 15 is 0 Å². The third-order valence-electron chi connectivity index (χ3n) is 3.99. The zero-order valence-electron chi connectivity index (χ0n) is 13.7. The number of rotatable bonds is 5. The maximum atomic E-state index is 8.99. The van der Waals surface area contributed by atoms with Crippen LogP contribution in [0, 0.1) is 20.8 Å². The van der Waals surface area contributed by atoms with Gasteiger partial charge in [-0.05, 0) is 43.9 Å². The number of thiophene rings is 1. The number of fused-ring (bicyclic) bond motifs is 1. The summed E-state index contributed by atoms with van der Waals surface area (Å²) >= 11 is 1.65. The van der Waals surface area contributed by atoms with Crippen LogP contribution in [0.25, 0.3) is 21.3 Å². The van der Waals surface area contributed by atoms with E-state index in [0.717, 1.165) is 21.9 Å². The first-order chi connectivity index (χ1) is 11.1. The number of aliphatic hydroxyl groups is 1. The predicted molar refractivity (Wildman–Crippen MR) is 97.3 cm³/mol. The molecule has 0 saturated heterocycles. The van der Waals surface area contributed by atoms with Gasteiger partial charge in [0, 0.05) is 24.1 Å². The van der Waals surface area contributed by atoms with Gasteiger partial charge in [0.25, 0.3) is 0 Å². The van der Waals surface area contributed by atoms with Crippen LogP contribution in [-0.2, 0) is 0 Å². The molecule has 0 bridgehead atoms. The van der Waals surface area contributed by atoms with Crippen LogP contribution in [0.5, 0.6) is 0 Å². The van der Waals surface area contributed by atoms with E-state index in [2.05, 4.69) is 52.7 Å². The second-order valence-electron chi connectivity index (χ2n) is 5.75. The molecule has 0 fully saturated rings. The van der Waals surface area contributed by atoms with E-state index < -0.39 is 0 Å². The zero-order valence-corrected chi connectivity index (χ0v) is 14.5. The van der Waals surface area contributed by atoms with Crippen LogP contribution in [0.15, 0.2) is 23.6 Å². The van der Waals surface area contributed by atoms with Gasteiger partial charge in [-0.3, -0.25) is 0 Å². The number of aromatic nitrogens is 2. The lowest BCUT2D eigenvalue weighted by Gasteiger charge is -2.10. The van der Waals surface area contributed by atoms with E-state index in [0.29, 0.717) is 13.0 Å². The number of hydrogen-bond donors (Lipinski definition) is 2. The van der Waals surface area contributed by atoms with E-state index in [9.17, 15) is 0 Å². The number of anilines is 1. The third kappa shape index (κ3) is 3.21. The van der Waals surface area contributed by atoms with Crippen molar-refractivity contribution < 1.29 is 5.11 Å². The number of aryl methyl sites for hydroxylation is 3. The summed E-state index contributed by atoms with van der Waals surface area (Å²) in [6.45, 7) is 7.04. The van der Waals surface area contributed by atoms with Gasteiger partial charge in [-0.15, -0.1) is 11.3 Å². The Morgan fingerprint density at radius 2 is 1.96 bits per heavy atom. The molecule has 0 atom stereocenters. The smallest absolute Gasteiger partial charge is 0.139 e. The maximum Gasteiger partial charge on any atom is 0.139 e. The highest BCUT2D eigenvalue weighted by atomic mass is 32.1. The molecule has 5 heteroatoms. The predicted octanol–water partition coefficient (Wildman–Crippen LogP) is 4.08. The Bertz CT molecular complexity index is 842. The SMILES string of the molecule is Cc1nc(NCCCO)c2c(-c3ccc(C)c(C)c3)csc2n1. The summed E-state index contributed by atoms with van der Waals surface area (Å²) in [5.74, 6) is 1.62. The minimum atomic E-state index is 0.174. The monoisotopic (exact) mass is 327 g/mol. The average Bonchev–Trinajstić information content (AvgIpc) is 2.94. The quantitative estimate of drug-likeness (QED) is 0.693. The highest BCUT2D eigenvalue weighted by Crippen LogP contribution is 2.37. The molecule has 2 N–H and O–H groups in total. The molecule has 0 unspecified atom stereocenters. The van der Waals surface area contributed by atoms with E-state index in [1.807, 2.05) is 6.92 Å². The maximum absolute atomic E-state index is 8.99. The number of aliphatic hydroxyl groups excluding tert-OH is 1. The van der Waals surface area contributed by atoms with Gasteiger partial charge in [-0.1, -0.05) is 18.2 Å². The molecule has 23 heavy (non-hydrogen) atoms. The standard InChI is InChI=1S/C18H21N3OS/c1-11-5-6-14(9-12(11)2)15-10-23-18-16(15)17(19-7-4-8-22)20-13(3)21-18/h5-6,9-10,22H,4,7-8H2,1-3H3,(H,19,20,21). The molecule has 0 aliphatic rings. The summed E-state index contributed by atoms with van der Waals surface area (Å²) in [6, 6.07) is 6.53. The van der Waals surface area contributed by atoms with Crippen LogP contribution in [0.3, 0.4) is 0 Å². The van der Waals surface area contributed by atoms with Crippen molar-refractivity contribution in [1.82, 2.24) is 9.97 Å². The van der Waals surface area contributed by atoms with Crippen molar-refractivity contribution >= 4 is 27.4 Å². The van der Waals surface area contributed by atoms with Gasteiger partial charge in [0.15, 0.2) is 0 Å². The van der Waals surface area contributed by atoms with Crippen LogP contribution in [0.1, 0.15) is 23.4 Å². The van der Waals surface area contributed by atoms with Crippen molar-refractivity contribution in [2.75, 3.05) is 18.5 Å². The Labute approximate surface area is 140 Å². The molecule has 2 heterocycles. The largest absolute Gasteiger partial charge is 0.396 e. The summed E-state index contributed by atoms with van der Waals surface area (Å²) in [7, 11) is 0. The van der Waals surface area contributed by atoms with Crippen molar-refractivity contribution in [2.45, 2.75) is 27.2 Å². The lowest BCUT2D eigenvalue weighted by molar-refractivity contribution is 0.292. The first-order valence-electron chi connectivity index (χ1n) is 7.78. The van der Waals surface area contributed by atoms with Crippen molar-refractivity contribution in [1.29, 1.82) is 0 Å². The molecule has 0 saturated carbocycles. The number of benzene rings is 1. The van der Waals surface area contributed by atoms with Crippen LogP contribution in [-0.4, -0.2) is 28.2 Å². The van der Waals surface area contributed by atoms with Gasteiger partial charge in [0.05, 0.1) is 5.39 Å². The average molecular weight is 327 g/mol. The van der Waals surface area contributed by atoms with E-state index in [4.69, 9.17) is 5.11 Å². The summed E-state index contributed by atoms with van der Waals surface area (Å²) in [4.78, 5) is 10.1. The molecule has 0 spiro atoms. The highest BCUT2D eigenvalue weighted by Gasteiger charge is 2.14. The number of hydrogen-bond acceptors (Lipinski definition) is 5. The number of nitrogens with one attached hydrogen (secondary N) is 1. The molecule has 0 amide bonds. The van der Waals surface area contributed by atoms with E-state index in [1.54, 1.807) is 11.3 Å². The van der Waals surface area contributed by atoms with Gasteiger partial charge in [-0.25, -0.2) is 9.97 Å². The molecular weight excluding hydrogens is 306 g/mol. The fraction of sp³-hybridized carbons (Fsp3) is 0.333. The Kier molecular flexibility index (Phi) is 4.59. The fourth-order valence-corrected chi connectivity index (χ4v) is 3.58. The van der Waals surface area contributed by atoms with E-state index in [1.165, 1.54) is 22.3 Å². The fourth-order valence-electron chi connectivity index (χ4n) is 2.58. The molecule has 0 aliphatic carbocycles. The number of nitrogens with zero attached hydrogens (tertiary/aromatic N) is 2. The Morgan fingerprint density at radius 1 is 1.13 bits per heavy atom. The second-order valence-corrected chi connectivity index (χ2v) is 6.61. The van der Waals surface area contributed by atoms with E-state index in [-0.39, 0.29) is 6.61 Å². The van der Waals surface area contributed by atoms with Gasteiger partial charge in [-0.2, -0.15) is 0 Å². The molecule has 1 aromatic carbocycles. The molecule has 0 aliphatic heterocycles. The normalized spacial score (nSPS) is 11.1. The van der Waals surface area contributed by atoms with Crippen LogP contribution >= 0.6 is 11.3 Å². The van der Waals surface area contributed by atoms with Gasteiger partial charge in [0.1, 0.15) is 16.5 Å². The first-order valence-corrected chi connectivity index (χ1v) is 8.66. The van der Waals surface area contributed by atoms with Crippen molar-refractivity contribution in [2.24, 2.45) is 0 Å². The molecule has 3 rings (SSSR count). The molecule has 2 aromatic heterocycles. The lowest BCUT2D eigenvalue weighted by Crippen LogP contribution is -2.06. The highest BCUT2D eigenvalue weighted by molar-refractivity contribution is 7.17. The van der Waals surface area contributed by atoms with Crippen molar-refractivity contribution in [3.05, 3.63) is 40.5 Å². The van der Waals surface area contributed by atoms with Crippen LogP contribution in [0.4, 0.5) is 5.82 Å². The molecule has 0 radical (unpaired) electrons. The minimum absolute atomic E-state index is 0.174. The topological polar surface area (TPSA) is 58.0 Å². The summed E-state index contributed by atoms with van der Waals surface area (Å²) in [5.41, 5.74) is 4.93. The first kappa shape index (κ1) is 15.9. The Morgan fingerprint density at radius 3 is 2.70 bits per heavy atom. The molecular formula is C18H21N3OS. The molecule has 120 valence electrons. The summed E-state index contributed by atoms with van der Waals surface area (Å²) in [5, 5.41) is 15.6. The second kappa shape index (κ2) is 6.64. The van der Waals surface area contributed by atoms with Crippen LogP contribution in [0.2, 0.25) is 0 Å².